The molecule has 0 aliphatic rings. The highest BCUT2D eigenvalue weighted by molar-refractivity contribution is 7.90. The number of sulfone groups is 1. The first kappa shape index (κ1) is 20.2. The third-order valence-electron chi connectivity index (χ3n) is 3.55. The number of hydrogen-bond donors (Lipinski definition) is 1. The lowest BCUT2D eigenvalue weighted by atomic mass is 10.1. The first-order chi connectivity index (χ1) is 12.0. The summed E-state index contributed by atoms with van der Waals surface area (Å²) in [5.41, 5.74) is -0.518. The third kappa shape index (κ3) is 5.18. The summed E-state index contributed by atoms with van der Waals surface area (Å²) in [4.78, 5) is 3.80. The van der Waals surface area contributed by atoms with Gasteiger partial charge in [-0.2, -0.15) is 13.2 Å². The fraction of sp³-hybridized carbons (Fsp3) is 0.353. The van der Waals surface area contributed by atoms with Crippen LogP contribution in [0.1, 0.15) is 18.9 Å². The molecular weight excluding hydrogens is 371 g/mol. The second-order valence-corrected chi connectivity index (χ2v) is 7.87. The molecule has 2 rings (SSSR count). The predicted molar refractivity (Wildman–Crippen MR) is 89.6 cm³/mol. The number of alkyl halides is 3. The fourth-order valence-corrected chi connectivity index (χ4v) is 2.77. The van der Waals surface area contributed by atoms with Crippen LogP contribution in [-0.4, -0.2) is 37.5 Å². The first-order valence-corrected chi connectivity index (χ1v) is 9.56. The molecule has 0 bridgehead atoms. The number of aliphatic hydroxyl groups is 1. The van der Waals surface area contributed by atoms with Gasteiger partial charge in [-0.05, 0) is 30.7 Å². The number of benzene rings is 1. The van der Waals surface area contributed by atoms with Crippen LogP contribution in [-0.2, 0) is 16.0 Å². The summed E-state index contributed by atoms with van der Waals surface area (Å²) >= 11 is 0. The molecule has 2 aromatic rings. The Kier molecular flexibility index (Phi) is 5.92. The van der Waals surface area contributed by atoms with Crippen molar-refractivity contribution in [1.29, 1.82) is 0 Å². The molecule has 1 heterocycles. The Morgan fingerprint density at radius 3 is 2.35 bits per heavy atom. The van der Waals surface area contributed by atoms with E-state index in [1.54, 1.807) is 6.92 Å². The number of aromatic nitrogens is 1. The number of aliphatic hydroxyl groups excluding tert-OH is 1. The summed E-state index contributed by atoms with van der Waals surface area (Å²) < 4.78 is 67.5. The van der Waals surface area contributed by atoms with Crippen molar-refractivity contribution < 1.29 is 31.4 Å². The molecule has 142 valence electrons. The highest BCUT2D eigenvalue weighted by Gasteiger charge is 2.32. The molecule has 0 aliphatic heterocycles. The molecule has 1 atom stereocenters. The second kappa shape index (κ2) is 7.63. The van der Waals surface area contributed by atoms with Crippen molar-refractivity contribution in [2.24, 2.45) is 0 Å². The molecule has 0 unspecified atom stereocenters. The highest BCUT2D eigenvalue weighted by Crippen LogP contribution is 2.36. The molecule has 0 spiro atoms. The van der Waals surface area contributed by atoms with E-state index in [2.05, 4.69) is 4.98 Å². The number of halogens is 3. The highest BCUT2D eigenvalue weighted by atomic mass is 32.2. The van der Waals surface area contributed by atoms with Gasteiger partial charge in [-0.25, -0.2) is 13.4 Å². The molecule has 0 fully saturated rings. The summed E-state index contributed by atoms with van der Waals surface area (Å²) in [5, 5.41) is 9.27. The lowest BCUT2D eigenvalue weighted by Crippen LogP contribution is -2.10. The van der Waals surface area contributed by atoms with E-state index < -0.39 is 27.7 Å². The Bertz CT molecular complexity index is 863. The van der Waals surface area contributed by atoms with Gasteiger partial charge >= 0.3 is 6.18 Å². The molecule has 1 N–H and O–H groups in total. The topological polar surface area (TPSA) is 76.5 Å². The van der Waals surface area contributed by atoms with E-state index in [9.17, 15) is 26.7 Å². The lowest BCUT2D eigenvalue weighted by Gasteiger charge is -2.14. The Balaban J connectivity index is 2.45. The minimum atomic E-state index is -4.58. The van der Waals surface area contributed by atoms with Crippen LogP contribution >= 0.6 is 0 Å². The minimum absolute atomic E-state index is 0.0224. The van der Waals surface area contributed by atoms with Crippen LogP contribution in [0.5, 0.6) is 5.88 Å². The predicted octanol–water partition coefficient (Wildman–Crippen LogP) is 3.32. The van der Waals surface area contributed by atoms with Crippen molar-refractivity contribution in [3.63, 3.8) is 0 Å². The van der Waals surface area contributed by atoms with Gasteiger partial charge in [-0.15, -0.1) is 0 Å². The molecule has 1 aromatic carbocycles. The molecule has 26 heavy (non-hydrogen) atoms. The van der Waals surface area contributed by atoms with Gasteiger partial charge in [0.05, 0.1) is 23.2 Å². The van der Waals surface area contributed by atoms with Gasteiger partial charge in [0.2, 0.25) is 5.88 Å². The number of rotatable bonds is 6. The average molecular weight is 389 g/mol. The Hall–Kier alpha value is -2.13. The summed E-state index contributed by atoms with van der Waals surface area (Å²) in [5.74, 6) is -0.0224. The zero-order valence-corrected chi connectivity index (χ0v) is 14.9. The lowest BCUT2D eigenvalue weighted by molar-refractivity contribution is -0.137. The average Bonchev–Trinajstić information content (AvgIpc) is 2.53. The number of hydrogen-bond acceptors (Lipinski definition) is 5. The van der Waals surface area contributed by atoms with Gasteiger partial charge in [0.1, 0.15) is 0 Å². The van der Waals surface area contributed by atoms with E-state index in [1.165, 1.54) is 24.3 Å². The van der Waals surface area contributed by atoms with Crippen molar-refractivity contribution in [2.45, 2.75) is 30.5 Å². The number of nitrogens with zero attached hydrogens (tertiary/aromatic N) is 1. The summed E-state index contributed by atoms with van der Waals surface area (Å²) in [6.07, 6.45) is -3.20. The third-order valence-corrected chi connectivity index (χ3v) is 4.67. The Labute approximate surface area is 149 Å². The van der Waals surface area contributed by atoms with Gasteiger partial charge in [-0.3, -0.25) is 0 Å². The van der Waals surface area contributed by atoms with Crippen LogP contribution in [0.15, 0.2) is 41.4 Å². The summed E-state index contributed by atoms with van der Waals surface area (Å²) in [7, 11) is -3.42. The maximum Gasteiger partial charge on any atom is 0.417 e. The first-order valence-electron chi connectivity index (χ1n) is 7.67. The van der Waals surface area contributed by atoms with E-state index in [0.717, 1.165) is 12.3 Å². The Morgan fingerprint density at radius 1 is 1.23 bits per heavy atom. The number of ether oxygens (including phenoxy) is 1. The van der Waals surface area contributed by atoms with Crippen molar-refractivity contribution in [1.82, 2.24) is 4.98 Å². The maximum atomic E-state index is 13.0. The molecule has 5 nitrogen and oxygen atoms in total. The van der Waals surface area contributed by atoms with Crippen molar-refractivity contribution in [2.75, 3.05) is 12.9 Å². The van der Waals surface area contributed by atoms with Crippen LogP contribution < -0.4 is 4.74 Å². The van der Waals surface area contributed by atoms with Crippen molar-refractivity contribution in [3.05, 3.63) is 42.1 Å². The van der Waals surface area contributed by atoms with E-state index in [0.29, 0.717) is 11.8 Å². The van der Waals surface area contributed by atoms with E-state index in [1.807, 2.05) is 0 Å². The summed E-state index contributed by atoms with van der Waals surface area (Å²) in [6, 6.07) is 6.32. The molecule has 9 heteroatoms. The second-order valence-electron chi connectivity index (χ2n) is 5.86. The fourth-order valence-electron chi connectivity index (χ4n) is 2.14. The van der Waals surface area contributed by atoms with Crippen molar-refractivity contribution in [3.8, 4) is 17.0 Å². The van der Waals surface area contributed by atoms with Crippen LogP contribution in [0.4, 0.5) is 13.2 Å². The van der Waals surface area contributed by atoms with Gasteiger partial charge in [0, 0.05) is 24.4 Å². The SMILES string of the molecule is C[C@H](O)CCOc1ncc(C(F)(F)F)cc1-c1ccc(S(C)(=O)=O)cc1. The van der Waals surface area contributed by atoms with Crippen LogP contribution in [0.3, 0.4) is 0 Å². The zero-order valence-electron chi connectivity index (χ0n) is 14.1. The van der Waals surface area contributed by atoms with Gasteiger partial charge in [0.25, 0.3) is 0 Å². The molecule has 0 saturated heterocycles. The largest absolute Gasteiger partial charge is 0.477 e. The Morgan fingerprint density at radius 2 is 1.85 bits per heavy atom. The molecular formula is C17H18F3NO4S. The van der Waals surface area contributed by atoms with Gasteiger partial charge in [0.15, 0.2) is 9.84 Å². The molecule has 0 saturated carbocycles. The molecule has 0 radical (unpaired) electrons. The van der Waals surface area contributed by atoms with Crippen LogP contribution in [0.2, 0.25) is 0 Å². The minimum Gasteiger partial charge on any atom is -0.477 e. The quantitative estimate of drug-likeness (QED) is 0.820. The number of pyridine rings is 1. The zero-order chi connectivity index (χ0) is 19.5. The maximum absolute atomic E-state index is 13.0. The van der Waals surface area contributed by atoms with Crippen molar-refractivity contribution >= 4 is 9.84 Å². The van der Waals surface area contributed by atoms with Crippen LogP contribution in [0, 0.1) is 0 Å². The standard InChI is InChI=1S/C17H18F3NO4S/c1-11(22)7-8-25-16-15(9-13(10-21-16)17(18,19)20)12-3-5-14(6-4-12)26(2,23)24/h3-6,9-11,22H,7-8H2,1-2H3/t11-/m0/s1. The molecule has 1 aromatic heterocycles. The normalized spacial score (nSPS) is 13.5. The molecule has 0 aliphatic carbocycles. The molecule has 0 amide bonds. The van der Waals surface area contributed by atoms with Crippen LogP contribution in [0.25, 0.3) is 11.1 Å². The van der Waals surface area contributed by atoms with Gasteiger partial charge < -0.3 is 9.84 Å². The van der Waals surface area contributed by atoms with E-state index in [-0.39, 0.29) is 29.4 Å². The van der Waals surface area contributed by atoms with Gasteiger partial charge in [-0.1, -0.05) is 12.1 Å². The smallest absolute Gasteiger partial charge is 0.417 e. The van der Waals surface area contributed by atoms with E-state index in [4.69, 9.17) is 4.74 Å². The monoisotopic (exact) mass is 389 g/mol. The summed E-state index contributed by atoms with van der Waals surface area (Å²) in [6.45, 7) is 1.64. The van der Waals surface area contributed by atoms with E-state index >= 15 is 0 Å².